The van der Waals surface area contributed by atoms with E-state index in [0.29, 0.717) is 19.3 Å². The second-order valence-corrected chi connectivity index (χ2v) is 8.88. The topological polar surface area (TPSA) is 74.2 Å². The highest BCUT2D eigenvalue weighted by atomic mass is 16.5. The van der Waals surface area contributed by atoms with Crippen molar-refractivity contribution in [2.45, 2.75) is 50.9 Å². The summed E-state index contributed by atoms with van der Waals surface area (Å²) in [6.45, 7) is 4.02. The predicted octanol–water partition coefficient (Wildman–Crippen LogP) is 4.65. The highest BCUT2D eigenvalue weighted by molar-refractivity contribution is 5.71. The van der Waals surface area contributed by atoms with Crippen LogP contribution in [0.25, 0.3) is 0 Å². The first-order valence-electron chi connectivity index (χ1n) is 10.7. The third-order valence-corrected chi connectivity index (χ3v) is 6.60. The summed E-state index contributed by atoms with van der Waals surface area (Å²) in [6.07, 6.45) is 1.21. The van der Waals surface area contributed by atoms with Crippen LogP contribution in [0.5, 0.6) is 17.2 Å². The molecule has 4 rings (SSSR count). The smallest absolute Gasteiger partial charge is 0.309 e. The fraction of sp³-hybridized carbons (Fsp3) is 0.480. The van der Waals surface area contributed by atoms with Crippen LogP contribution in [0.3, 0.4) is 0 Å². The Morgan fingerprint density at radius 3 is 2.58 bits per heavy atom. The Hall–Kier alpha value is -2.73. The molecule has 0 bridgehead atoms. The van der Waals surface area contributed by atoms with E-state index in [1.807, 2.05) is 56.3 Å². The third-order valence-electron chi connectivity index (χ3n) is 6.60. The van der Waals surface area contributed by atoms with Crippen LogP contribution in [-0.4, -0.2) is 37.0 Å². The van der Waals surface area contributed by atoms with Crippen molar-refractivity contribution in [1.82, 2.24) is 0 Å². The van der Waals surface area contributed by atoms with Gasteiger partial charge in [0, 0.05) is 11.5 Å². The van der Waals surface area contributed by atoms with Crippen molar-refractivity contribution >= 4 is 5.97 Å². The van der Waals surface area contributed by atoms with E-state index in [1.54, 1.807) is 14.2 Å². The van der Waals surface area contributed by atoms with Gasteiger partial charge in [0.1, 0.15) is 22.8 Å². The molecule has 2 heterocycles. The number of hydrogen-bond donors (Lipinski definition) is 1. The van der Waals surface area contributed by atoms with Gasteiger partial charge in [0.2, 0.25) is 0 Å². The summed E-state index contributed by atoms with van der Waals surface area (Å²) in [5.74, 6) is 0.832. The van der Waals surface area contributed by atoms with E-state index in [9.17, 15) is 9.90 Å². The first-order valence-corrected chi connectivity index (χ1v) is 10.7. The zero-order chi connectivity index (χ0) is 22.2. The molecular weight excluding hydrogens is 396 g/mol. The number of ether oxygens (including phenoxy) is 4. The summed E-state index contributed by atoms with van der Waals surface area (Å²) >= 11 is 0. The van der Waals surface area contributed by atoms with Gasteiger partial charge in [0.15, 0.2) is 0 Å². The quantitative estimate of drug-likeness (QED) is 0.725. The van der Waals surface area contributed by atoms with E-state index in [-0.39, 0.29) is 12.0 Å². The average molecular weight is 427 g/mol. The van der Waals surface area contributed by atoms with Gasteiger partial charge in [-0.2, -0.15) is 0 Å². The maximum absolute atomic E-state index is 12.1. The van der Waals surface area contributed by atoms with E-state index in [2.05, 4.69) is 0 Å². The minimum atomic E-state index is -0.818. The molecule has 0 aromatic heterocycles. The number of rotatable bonds is 6. The second-order valence-electron chi connectivity index (χ2n) is 8.88. The van der Waals surface area contributed by atoms with Crippen molar-refractivity contribution < 1.29 is 28.8 Å². The highest BCUT2D eigenvalue weighted by Gasteiger charge is 2.52. The fourth-order valence-electron chi connectivity index (χ4n) is 4.86. The maximum Gasteiger partial charge on any atom is 0.309 e. The lowest BCUT2D eigenvalue weighted by Gasteiger charge is -2.50. The predicted molar refractivity (Wildman–Crippen MR) is 116 cm³/mol. The van der Waals surface area contributed by atoms with E-state index in [1.165, 1.54) is 0 Å². The number of benzene rings is 2. The normalized spacial score (nSPS) is 26.2. The third kappa shape index (κ3) is 4.22. The van der Waals surface area contributed by atoms with Crippen LogP contribution in [0.2, 0.25) is 0 Å². The largest absolute Gasteiger partial charge is 0.497 e. The Kier molecular flexibility index (Phi) is 5.84. The minimum Gasteiger partial charge on any atom is -0.497 e. The molecule has 1 fully saturated rings. The lowest BCUT2D eigenvalue weighted by atomic mass is 9.71. The summed E-state index contributed by atoms with van der Waals surface area (Å²) in [4.78, 5) is 12.1. The number of carbonyl (C=O) groups is 1. The van der Waals surface area contributed by atoms with Crippen LogP contribution < -0.4 is 14.2 Å². The molecule has 0 radical (unpaired) electrons. The second kappa shape index (κ2) is 8.42. The van der Waals surface area contributed by atoms with Gasteiger partial charge in [-0.1, -0.05) is 12.1 Å². The van der Waals surface area contributed by atoms with Crippen molar-refractivity contribution in [3.8, 4) is 17.2 Å². The molecule has 1 N–H and O–H groups in total. The van der Waals surface area contributed by atoms with Crippen LogP contribution in [0.15, 0.2) is 42.5 Å². The van der Waals surface area contributed by atoms with Gasteiger partial charge in [-0.05, 0) is 69.0 Å². The molecule has 31 heavy (non-hydrogen) atoms. The summed E-state index contributed by atoms with van der Waals surface area (Å²) in [7, 11) is 3.27. The molecule has 6 heteroatoms. The van der Waals surface area contributed by atoms with Crippen LogP contribution in [-0.2, 0) is 16.0 Å². The molecular formula is C25H30O6. The number of carboxylic acids is 1. The zero-order valence-electron chi connectivity index (χ0n) is 18.5. The molecule has 2 aromatic carbocycles. The van der Waals surface area contributed by atoms with Crippen molar-refractivity contribution in [3.05, 3.63) is 53.6 Å². The minimum absolute atomic E-state index is 0.0683. The fourth-order valence-corrected chi connectivity index (χ4v) is 4.86. The molecule has 2 aliphatic heterocycles. The number of fused-ring (bicyclic) bond motifs is 3. The van der Waals surface area contributed by atoms with Crippen molar-refractivity contribution in [3.63, 3.8) is 0 Å². The van der Waals surface area contributed by atoms with Crippen LogP contribution in [0.1, 0.15) is 43.9 Å². The van der Waals surface area contributed by atoms with Crippen LogP contribution >= 0.6 is 0 Å². The molecule has 1 saturated heterocycles. The zero-order valence-corrected chi connectivity index (χ0v) is 18.5. The molecule has 2 aromatic rings. The van der Waals surface area contributed by atoms with E-state index in [4.69, 9.17) is 18.9 Å². The number of carboxylic acid groups (broad SMARTS) is 1. The molecule has 0 amide bonds. The Balaban J connectivity index is 1.62. The van der Waals surface area contributed by atoms with Gasteiger partial charge < -0.3 is 24.1 Å². The summed E-state index contributed by atoms with van der Waals surface area (Å²) in [6, 6.07) is 13.6. The first kappa shape index (κ1) is 21.5. The Morgan fingerprint density at radius 2 is 1.87 bits per heavy atom. The molecule has 4 atom stereocenters. The summed E-state index contributed by atoms with van der Waals surface area (Å²) < 4.78 is 23.5. The molecule has 166 valence electrons. The summed E-state index contributed by atoms with van der Waals surface area (Å²) in [5, 5.41) is 9.97. The van der Waals surface area contributed by atoms with Gasteiger partial charge in [-0.25, -0.2) is 0 Å². The molecule has 0 spiro atoms. The Bertz CT molecular complexity index is 953. The standard InChI is InChI=1S/C25H30O6/c1-25(2)20-14-19(24(26)27)21(10-8-15-6-5-7-16(12-15)28-3)30-23(20)18-13-17(29-4)9-11-22(18)31-25/h5-7,9,11-13,19-21,23H,8,10,14H2,1-4H3,(H,26,27)/t19-,20-,21-,23+/m0/s1. The molecule has 0 unspecified atom stereocenters. The first-order chi connectivity index (χ1) is 14.8. The van der Waals surface area contributed by atoms with E-state index in [0.717, 1.165) is 28.4 Å². The number of methoxy groups -OCH3 is 2. The molecule has 2 aliphatic rings. The van der Waals surface area contributed by atoms with Gasteiger partial charge in [-0.3, -0.25) is 4.79 Å². The molecule has 6 nitrogen and oxygen atoms in total. The Morgan fingerprint density at radius 1 is 1.13 bits per heavy atom. The van der Waals surface area contributed by atoms with Crippen LogP contribution in [0, 0.1) is 11.8 Å². The van der Waals surface area contributed by atoms with Gasteiger partial charge in [0.05, 0.1) is 32.3 Å². The van der Waals surface area contributed by atoms with Gasteiger partial charge in [0.25, 0.3) is 0 Å². The number of hydrogen-bond acceptors (Lipinski definition) is 5. The molecule has 0 saturated carbocycles. The van der Waals surface area contributed by atoms with Crippen molar-refractivity contribution in [1.29, 1.82) is 0 Å². The maximum atomic E-state index is 12.1. The van der Waals surface area contributed by atoms with Gasteiger partial charge >= 0.3 is 5.97 Å². The van der Waals surface area contributed by atoms with Crippen molar-refractivity contribution in [2.75, 3.05) is 14.2 Å². The average Bonchev–Trinajstić information content (AvgIpc) is 2.76. The van der Waals surface area contributed by atoms with Gasteiger partial charge in [-0.15, -0.1) is 0 Å². The monoisotopic (exact) mass is 426 g/mol. The Labute approximate surface area is 183 Å². The van der Waals surface area contributed by atoms with E-state index < -0.39 is 23.6 Å². The summed E-state index contributed by atoms with van der Waals surface area (Å²) in [5.41, 5.74) is 1.50. The highest BCUT2D eigenvalue weighted by Crippen LogP contribution is 2.53. The number of aliphatic carboxylic acids is 1. The van der Waals surface area contributed by atoms with E-state index >= 15 is 0 Å². The SMILES string of the molecule is COc1cccc(CC[C@@H]2O[C@@H]3c4cc(OC)ccc4OC(C)(C)[C@H]3C[C@@H]2C(=O)O)c1. The lowest BCUT2D eigenvalue weighted by molar-refractivity contribution is -0.188. The van der Waals surface area contributed by atoms with Crippen molar-refractivity contribution in [2.24, 2.45) is 11.8 Å². The lowest BCUT2D eigenvalue weighted by Crippen LogP contribution is -2.52. The van der Waals surface area contributed by atoms with Crippen LogP contribution in [0.4, 0.5) is 0 Å². The molecule has 0 aliphatic carbocycles. The number of aryl methyl sites for hydroxylation is 1.